The summed E-state index contributed by atoms with van der Waals surface area (Å²) in [5.74, 6) is 0.0222. The summed E-state index contributed by atoms with van der Waals surface area (Å²) in [4.78, 5) is 12.9. The Bertz CT molecular complexity index is 155. The van der Waals surface area contributed by atoms with Gasteiger partial charge in [-0.05, 0) is 6.92 Å². The molecule has 1 aliphatic rings. The summed E-state index contributed by atoms with van der Waals surface area (Å²) >= 11 is 0. The second kappa shape index (κ2) is 4.42. The van der Waals surface area contributed by atoms with Crippen LogP contribution in [0.3, 0.4) is 0 Å². The molecule has 70 valence electrons. The van der Waals surface area contributed by atoms with Gasteiger partial charge in [-0.3, -0.25) is 9.69 Å². The molecule has 0 aromatic carbocycles. The number of amides is 1. The predicted molar refractivity (Wildman–Crippen MR) is 45.7 cm³/mol. The van der Waals surface area contributed by atoms with Gasteiger partial charge in [0.2, 0.25) is 5.91 Å². The number of hydrogen-bond acceptors (Lipinski definition) is 3. The lowest BCUT2D eigenvalue weighted by Crippen LogP contribution is -2.50. The van der Waals surface area contributed by atoms with E-state index in [0.717, 1.165) is 26.3 Å². The third kappa shape index (κ3) is 2.79. The standard InChI is InChI=1S/C8H16N2O2/c1-7(9-8(2)11)10-3-5-12-6-4-10/h7H,3-6H2,1-2H3,(H,9,11). The Morgan fingerprint density at radius 3 is 2.58 bits per heavy atom. The molecule has 0 aromatic heterocycles. The molecule has 1 rings (SSSR count). The Morgan fingerprint density at radius 2 is 2.08 bits per heavy atom. The highest BCUT2D eigenvalue weighted by Gasteiger charge is 2.16. The lowest BCUT2D eigenvalue weighted by molar-refractivity contribution is -0.121. The highest BCUT2D eigenvalue weighted by atomic mass is 16.5. The van der Waals surface area contributed by atoms with Crippen LogP contribution in [0.2, 0.25) is 0 Å². The molecule has 4 nitrogen and oxygen atoms in total. The van der Waals surface area contributed by atoms with Gasteiger partial charge < -0.3 is 10.1 Å². The maximum atomic E-state index is 10.7. The fourth-order valence-corrected chi connectivity index (χ4v) is 1.35. The summed E-state index contributed by atoms with van der Waals surface area (Å²) in [6.07, 6.45) is 0.131. The first-order valence-electron chi connectivity index (χ1n) is 4.29. The zero-order valence-corrected chi connectivity index (χ0v) is 7.67. The topological polar surface area (TPSA) is 41.6 Å². The van der Waals surface area contributed by atoms with Gasteiger partial charge >= 0.3 is 0 Å². The van der Waals surface area contributed by atoms with Crippen molar-refractivity contribution in [1.82, 2.24) is 10.2 Å². The second-order valence-corrected chi connectivity index (χ2v) is 3.02. The van der Waals surface area contributed by atoms with Gasteiger partial charge in [0.1, 0.15) is 0 Å². The van der Waals surface area contributed by atoms with E-state index in [0.29, 0.717) is 0 Å². The average Bonchev–Trinajstić information content (AvgIpc) is 2.05. The van der Waals surface area contributed by atoms with Gasteiger partial charge in [0.05, 0.1) is 19.4 Å². The minimum Gasteiger partial charge on any atom is -0.379 e. The highest BCUT2D eigenvalue weighted by Crippen LogP contribution is 2.00. The number of rotatable bonds is 2. The first-order chi connectivity index (χ1) is 5.70. The van der Waals surface area contributed by atoms with E-state index in [1.807, 2.05) is 6.92 Å². The molecule has 1 aliphatic heterocycles. The van der Waals surface area contributed by atoms with Crippen LogP contribution < -0.4 is 5.32 Å². The third-order valence-corrected chi connectivity index (χ3v) is 2.01. The van der Waals surface area contributed by atoms with Gasteiger partial charge in [0, 0.05) is 20.0 Å². The zero-order chi connectivity index (χ0) is 8.97. The van der Waals surface area contributed by atoms with Gasteiger partial charge in [0.15, 0.2) is 0 Å². The van der Waals surface area contributed by atoms with E-state index in [1.54, 1.807) is 0 Å². The van der Waals surface area contributed by atoms with Crippen LogP contribution in [0.25, 0.3) is 0 Å². The molecule has 0 spiro atoms. The molecule has 0 aromatic rings. The lowest BCUT2D eigenvalue weighted by atomic mass is 10.3. The van der Waals surface area contributed by atoms with Crippen molar-refractivity contribution in [2.75, 3.05) is 26.3 Å². The molecule has 1 atom stereocenters. The quantitative estimate of drug-likeness (QED) is 0.627. The molecule has 12 heavy (non-hydrogen) atoms. The number of morpholine rings is 1. The van der Waals surface area contributed by atoms with E-state index in [4.69, 9.17) is 4.74 Å². The Morgan fingerprint density at radius 1 is 1.50 bits per heavy atom. The highest BCUT2D eigenvalue weighted by molar-refractivity contribution is 5.73. The van der Waals surface area contributed by atoms with Crippen molar-refractivity contribution in [3.05, 3.63) is 0 Å². The number of carbonyl (C=O) groups excluding carboxylic acids is 1. The SMILES string of the molecule is CC(=O)NC(C)N1CCOCC1. The van der Waals surface area contributed by atoms with Crippen LogP contribution in [0, 0.1) is 0 Å². The van der Waals surface area contributed by atoms with Crippen LogP contribution in [0.15, 0.2) is 0 Å². The fourth-order valence-electron chi connectivity index (χ4n) is 1.35. The van der Waals surface area contributed by atoms with Crippen LogP contribution in [0.5, 0.6) is 0 Å². The van der Waals surface area contributed by atoms with Crippen LogP contribution in [0.4, 0.5) is 0 Å². The zero-order valence-electron chi connectivity index (χ0n) is 7.67. The summed E-state index contributed by atoms with van der Waals surface area (Å²) in [7, 11) is 0. The first-order valence-corrected chi connectivity index (χ1v) is 4.29. The predicted octanol–water partition coefficient (Wildman–Crippen LogP) is -0.199. The Labute approximate surface area is 72.9 Å². The molecule has 1 saturated heterocycles. The maximum Gasteiger partial charge on any atom is 0.218 e. The normalized spacial score (nSPS) is 21.8. The van der Waals surface area contributed by atoms with Gasteiger partial charge in [0.25, 0.3) is 0 Å². The number of ether oxygens (including phenoxy) is 1. The third-order valence-electron chi connectivity index (χ3n) is 2.01. The van der Waals surface area contributed by atoms with Crippen LogP contribution in [-0.4, -0.2) is 43.3 Å². The molecule has 0 aliphatic carbocycles. The smallest absolute Gasteiger partial charge is 0.218 e. The number of nitrogens with zero attached hydrogens (tertiary/aromatic N) is 1. The van der Waals surface area contributed by atoms with Gasteiger partial charge in [-0.15, -0.1) is 0 Å². The van der Waals surface area contributed by atoms with Crippen molar-refractivity contribution in [1.29, 1.82) is 0 Å². The van der Waals surface area contributed by atoms with Gasteiger partial charge in [-0.2, -0.15) is 0 Å². The van der Waals surface area contributed by atoms with Crippen molar-refractivity contribution in [3.8, 4) is 0 Å². The van der Waals surface area contributed by atoms with Crippen LogP contribution in [0.1, 0.15) is 13.8 Å². The van der Waals surface area contributed by atoms with Gasteiger partial charge in [-0.25, -0.2) is 0 Å². The molecule has 1 unspecified atom stereocenters. The maximum absolute atomic E-state index is 10.7. The van der Waals surface area contributed by atoms with E-state index in [-0.39, 0.29) is 12.1 Å². The summed E-state index contributed by atoms with van der Waals surface area (Å²) in [5, 5.41) is 2.84. The molecular weight excluding hydrogens is 156 g/mol. The molecule has 1 amide bonds. The van der Waals surface area contributed by atoms with Gasteiger partial charge in [-0.1, -0.05) is 0 Å². The summed E-state index contributed by atoms with van der Waals surface area (Å²) < 4.78 is 5.20. The number of carbonyl (C=O) groups is 1. The van der Waals surface area contributed by atoms with Crippen LogP contribution in [-0.2, 0) is 9.53 Å². The molecule has 0 radical (unpaired) electrons. The fraction of sp³-hybridized carbons (Fsp3) is 0.875. The minimum atomic E-state index is 0.0222. The first kappa shape index (κ1) is 9.48. The van der Waals surface area contributed by atoms with E-state index in [9.17, 15) is 4.79 Å². The Balaban J connectivity index is 2.29. The number of hydrogen-bond donors (Lipinski definition) is 1. The van der Waals surface area contributed by atoms with Crippen molar-refractivity contribution in [2.24, 2.45) is 0 Å². The molecule has 0 bridgehead atoms. The monoisotopic (exact) mass is 172 g/mol. The Hall–Kier alpha value is -0.610. The molecular formula is C8H16N2O2. The van der Waals surface area contributed by atoms with E-state index >= 15 is 0 Å². The van der Waals surface area contributed by atoms with Crippen LogP contribution >= 0.6 is 0 Å². The molecule has 1 fully saturated rings. The van der Waals surface area contributed by atoms with Crippen molar-refractivity contribution in [2.45, 2.75) is 20.0 Å². The van der Waals surface area contributed by atoms with E-state index < -0.39 is 0 Å². The lowest BCUT2D eigenvalue weighted by Gasteiger charge is -2.32. The summed E-state index contributed by atoms with van der Waals surface area (Å²) in [6.45, 7) is 6.88. The Kier molecular flexibility index (Phi) is 3.49. The van der Waals surface area contributed by atoms with Crippen molar-refractivity contribution < 1.29 is 9.53 Å². The van der Waals surface area contributed by atoms with Crippen molar-refractivity contribution in [3.63, 3.8) is 0 Å². The minimum absolute atomic E-state index is 0.0222. The van der Waals surface area contributed by atoms with E-state index in [1.165, 1.54) is 6.92 Å². The average molecular weight is 172 g/mol. The second-order valence-electron chi connectivity index (χ2n) is 3.02. The van der Waals surface area contributed by atoms with Crippen molar-refractivity contribution >= 4 is 5.91 Å². The summed E-state index contributed by atoms with van der Waals surface area (Å²) in [6, 6.07) is 0. The molecule has 0 saturated carbocycles. The summed E-state index contributed by atoms with van der Waals surface area (Å²) in [5.41, 5.74) is 0. The molecule has 1 N–H and O–H groups in total. The molecule has 4 heteroatoms. The molecule has 1 heterocycles. The number of nitrogens with one attached hydrogen (secondary N) is 1. The largest absolute Gasteiger partial charge is 0.379 e. The van der Waals surface area contributed by atoms with E-state index in [2.05, 4.69) is 10.2 Å².